The summed E-state index contributed by atoms with van der Waals surface area (Å²) in [6, 6.07) is 13.8. The van der Waals surface area contributed by atoms with Gasteiger partial charge in [0, 0.05) is 36.0 Å². The highest BCUT2D eigenvalue weighted by atomic mass is 35.5. The second-order valence-electron chi connectivity index (χ2n) is 14.2. The molecule has 4 fully saturated rings. The van der Waals surface area contributed by atoms with Crippen molar-refractivity contribution in [2.45, 2.75) is 100.0 Å². The molecule has 8 rings (SSSR count). The first-order chi connectivity index (χ1) is 19.6. The monoisotopic (exact) mass is 610 g/mol. The van der Waals surface area contributed by atoms with E-state index < -0.39 is 0 Å². The Labute approximate surface area is 264 Å². The topological polar surface area (TPSA) is 46.9 Å². The first-order valence-corrected chi connectivity index (χ1v) is 16.4. The van der Waals surface area contributed by atoms with Gasteiger partial charge in [0.25, 0.3) is 0 Å². The molecule has 6 aliphatic rings. The molecule has 4 nitrogen and oxygen atoms in total. The zero-order valence-corrected chi connectivity index (χ0v) is 26.5. The maximum atomic E-state index is 10.3. The third kappa shape index (κ3) is 4.62. The van der Waals surface area contributed by atoms with Crippen LogP contribution < -0.4 is 0 Å². The van der Waals surface area contributed by atoms with Crippen molar-refractivity contribution in [3.05, 3.63) is 70.8 Å². The van der Waals surface area contributed by atoms with E-state index >= 15 is 0 Å². The Morgan fingerprint density at radius 2 is 1.10 bits per heavy atom. The standard InChI is InChI=1S/C36H46N2O2.2ClH/c39-27-11-9-25-21-33-29-7-1-3-13-35(29,31(25)23-27)15-19-37(33)17-5-6-18-38-20-16-36-14-4-2-8-30(36)34(38)22-26-10-12-28(40)24-32(26)36;;/h5-6,9-12,23-24,29-30,33-34,39-40H,1-4,7-8,13-22H2;2*1H. The van der Waals surface area contributed by atoms with Gasteiger partial charge in [-0.3, -0.25) is 9.80 Å². The highest BCUT2D eigenvalue weighted by Gasteiger charge is 2.55. The number of likely N-dealkylation sites (tertiary alicyclic amines) is 2. The van der Waals surface area contributed by atoms with Crippen molar-refractivity contribution in [2.24, 2.45) is 11.8 Å². The van der Waals surface area contributed by atoms with Crippen LogP contribution in [0.5, 0.6) is 11.5 Å². The maximum absolute atomic E-state index is 10.3. The number of fused-ring (bicyclic) bond motifs is 2. The van der Waals surface area contributed by atoms with E-state index in [1.165, 1.54) is 99.6 Å². The van der Waals surface area contributed by atoms with Crippen LogP contribution in [0.2, 0.25) is 0 Å². The van der Waals surface area contributed by atoms with Crippen molar-refractivity contribution in [3.63, 3.8) is 0 Å². The second kappa shape index (κ2) is 11.7. The molecule has 4 aliphatic carbocycles. The number of phenolic OH excluding ortho intramolecular Hbond substituents is 2. The molecule has 4 bridgehead atoms. The fraction of sp³-hybridized carbons (Fsp3) is 0.611. The lowest BCUT2D eigenvalue weighted by molar-refractivity contribution is -0.00707. The summed E-state index contributed by atoms with van der Waals surface area (Å²) in [6.45, 7) is 4.50. The van der Waals surface area contributed by atoms with E-state index in [-0.39, 0.29) is 24.8 Å². The second-order valence-corrected chi connectivity index (χ2v) is 14.2. The van der Waals surface area contributed by atoms with Crippen LogP contribution in [0.1, 0.15) is 86.5 Å². The van der Waals surface area contributed by atoms with Crippen molar-refractivity contribution in [3.8, 4) is 11.5 Å². The smallest absolute Gasteiger partial charge is 0.115 e. The van der Waals surface area contributed by atoms with E-state index in [1.807, 2.05) is 12.1 Å². The predicted octanol–water partition coefficient (Wildman–Crippen LogP) is 7.31. The van der Waals surface area contributed by atoms with E-state index in [1.54, 1.807) is 0 Å². The molecule has 2 heterocycles. The zero-order chi connectivity index (χ0) is 26.9. The predicted molar refractivity (Wildman–Crippen MR) is 174 cm³/mol. The first kappa shape index (κ1) is 30.3. The van der Waals surface area contributed by atoms with Gasteiger partial charge in [-0.25, -0.2) is 0 Å². The average Bonchev–Trinajstić information content (AvgIpc) is 2.98. The van der Waals surface area contributed by atoms with Crippen LogP contribution in [0.25, 0.3) is 0 Å². The molecule has 228 valence electrons. The molecule has 2 aromatic carbocycles. The molecule has 0 aromatic heterocycles. The Morgan fingerprint density at radius 3 is 1.55 bits per heavy atom. The minimum absolute atomic E-state index is 0. The van der Waals surface area contributed by atoms with Gasteiger partial charge in [-0.15, -0.1) is 24.8 Å². The molecular formula is C36H48Cl2N2O2. The molecule has 2 saturated carbocycles. The van der Waals surface area contributed by atoms with Crippen LogP contribution >= 0.6 is 24.8 Å². The first-order valence-electron chi connectivity index (χ1n) is 16.4. The minimum atomic E-state index is 0. The van der Waals surface area contributed by atoms with Gasteiger partial charge in [-0.05, 0) is 123 Å². The van der Waals surface area contributed by atoms with Crippen molar-refractivity contribution in [2.75, 3.05) is 26.2 Å². The fourth-order valence-electron chi connectivity index (χ4n) is 11.0. The normalized spacial score (nSPS) is 35.1. The molecule has 6 atom stereocenters. The third-order valence-corrected chi connectivity index (χ3v) is 12.7. The largest absolute Gasteiger partial charge is 0.508 e. The molecule has 0 amide bonds. The summed E-state index contributed by atoms with van der Waals surface area (Å²) in [5.41, 5.74) is 6.54. The lowest BCUT2D eigenvalue weighted by atomic mass is 9.52. The highest BCUT2D eigenvalue weighted by Crippen LogP contribution is 2.57. The van der Waals surface area contributed by atoms with Crippen LogP contribution in [0, 0.1) is 11.8 Å². The number of hydrogen-bond acceptors (Lipinski definition) is 4. The van der Waals surface area contributed by atoms with Gasteiger partial charge in [-0.1, -0.05) is 50.0 Å². The van der Waals surface area contributed by atoms with Gasteiger partial charge in [0.15, 0.2) is 0 Å². The molecule has 2 N–H and O–H groups in total. The fourth-order valence-corrected chi connectivity index (χ4v) is 11.0. The van der Waals surface area contributed by atoms with E-state index in [9.17, 15) is 10.2 Å². The van der Waals surface area contributed by atoms with Crippen molar-refractivity contribution in [1.29, 1.82) is 0 Å². The molecule has 2 saturated heterocycles. The average molecular weight is 612 g/mol. The Hall–Kier alpha value is -1.72. The molecule has 42 heavy (non-hydrogen) atoms. The summed E-state index contributed by atoms with van der Waals surface area (Å²) in [6.07, 6.45) is 20.4. The molecule has 0 spiro atoms. The summed E-state index contributed by atoms with van der Waals surface area (Å²) >= 11 is 0. The summed E-state index contributed by atoms with van der Waals surface area (Å²) in [5.74, 6) is 2.37. The van der Waals surface area contributed by atoms with Gasteiger partial charge >= 0.3 is 0 Å². The van der Waals surface area contributed by atoms with Gasteiger partial charge in [0.05, 0.1) is 0 Å². The van der Waals surface area contributed by atoms with Gasteiger partial charge in [-0.2, -0.15) is 0 Å². The lowest BCUT2D eigenvalue weighted by Gasteiger charge is -2.59. The number of piperidine rings is 2. The Bertz CT molecular complexity index is 1230. The Kier molecular flexibility index (Phi) is 8.41. The molecular weight excluding hydrogens is 563 g/mol. The summed E-state index contributed by atoms with van der Waals surface area (Å²) < 4.78 is 0. The van der Waals surface area contributed by atoms with Crippen LogP contribution in [-0.4, -0.2) is 58.3 Å². The number of phenols is 2. The number of halogens is 2. The molecule has 6 heteroatoms. The summed E-state index contributed by atoms with van der Waals surface area (Å²) in [4.78, 5) is 5.60. The van der Waals surface area contributed by atoms with Crippen molar-refractivity contribution >= 4 is 24.8 Å². The van der Waals surface area contributed by atoms with Crippen LogP contribution in [-0.2, 0) is 23.7 Å². The van der Waals surface area contributed by atoms with E-state index in [0.29, 0.717) is 34.4 Å². The Morgan fingerprint density at radius 1 is 0.643 bits per heavy atom. The highest BCUT2D eigenvalue weighted by molar-refractivity contribution is 5.85. The van der Waals surface area contributed by atoms with Crippen molar-refractivity contribution < 1.29 is 10.2 Å². The maximum Gasteiger partial charge on any atom is 0.115 e. The third-order valence-electron chi connectivity index (χ3n) is 12.7. The minimum Gasteiger partial charge on any atom is -0.508 e. The SMILES string of the molecule is Cl.Cl.Oc1ccc2c(c1)C13CCCCC1C(C2)N(CC=CCN1CCC24CCCCC2C1Cc1ccc(O)cc14)CC3. The molecule has 0 radical (unpaired) electrons. The number of nitrogens with zero attached hydrogens (tertiary/aromatic N) is 2. The number of rotatable bonds is 4. The number of aromatic hydroxyl groups is 2. The van der Waals surface area contributed by atoms with Crippen LogP contribution in [0.3, 0.4) is 0 Å². The van der Waals surface area contributed by atoms with Gasteiger partial charge < -0.3 is 10.2 Å². The van der Waals surface area contributed by atoms with Gasteiger partial charge in [0.2, 0.25) is 0 Å². The van der Waals surface area contributed by atoms with Gasteiger partial charge in [0.1, 0.15) is 11.5 Å². The number of hydrogen-bond donors (Lipinski definition) is 2. The summed E-state index contributed by atoms with van der Waals surface area (Å²) in [5, 5.41) is 20.6. The van der Waals surface area contributed by atoms with Crippen LogP contribution in [0.4, 0.5) is 0 Å². The van der Waals surface area contributed by atoms with E-state index in [2.05, 4.69) is 46.2 Å². The van der Waals surface area contributed by atoms with Crippen LogP contribution in [0.15, 0.2) is 48.6 Å². The Balaban J connectivity index is 0.00000158. The van der Waals surface area contributed by atoms with Crippen molar-refractivity contribution in [1.82, 2.24) is 9.80 Å². The summed E-state index contributed by atoms with van der Waals surface area (Å²) in [7, 11) is 0. The number of benzene rings is 2. The molecule has 6 unspecified atom stereocenters. The lowest BCUT2D eigenvalue weighted by Crippen LogP contribution is -2.61. The van der Waals surface area contributed by atoms with E-state index in [0.717, 1.165) is 37.8 Å². The molecule has 2 aromatic rings. The van der Waals surface area contributed by atoms with E-state index in [4.69, 9.17) is 0 Å². The zero-order valence-electron chi connectivity index (χ0n) is 24.8. The molecule has 2 aliphatic heterocycles. The quantitative estimate of drug-likeness (QED) is 0.356.